The molecule has 3 rings (SSSR count). The number of rotatable bonds is 10. The minimum Gasteiger partial charge on any atom is -0.497 e. The Morgan fingerprint density at radius 1 is 1.10 bits per heavy atom. The van der Waals surface area contributed by atoms with Crippen LogP contribution in [-0.4, -0.2) is 37.7 Å². The third kappa shape index (κ3) is 6.82. The standard InChI is InChI=1S/C23H29N3O3/c1-28-20-7-9-21(10-8-20)29-16-15-25-22-17-19(12-14-24-22)23(27)26-13-11-18-5-3-2-4-6-18/h5,7-10,12,14,17H,2-4,6,11,13,15-16H2,1H3,(H,24,25)(H,26,27). The van der Waals surface area contributed by atoms with E-state index in [0.717, 1.165) is 24.3 Å². The average molecular weight is 396 g/mol. The Labute approximate surface area is 172 Å². The zero-order valence-electron chi connectivity index (χ0n) is 16.9. The van der Waals surface area contributed by atoms with Crippen molar-refractivity contribution in [3.63, 3.8) is 0 Å². The number of aromatic nitrogens is 1. The summed E-state index contributed by atoms with van der Waals surface area (Å²) in [7, 11) is 1.63. The monoisotopic (exact) mass is 395 g/mol. The van der Waals surface area contributed by atoms with E-state index < -0.39 is 0 Å². The summed E-state index contributed by atoms with van der Waals surface area (Å²) in [4.78, 5) is 16.7. The van der Waals surface area contributed by atoms with E-state index >= 15 is 0 Å². The van der Waals surface area contributed by atoms with Gasteiger partial charge in [-0.2, -0.15) is 0 Å². The normalized spacial score (nSPS) is 13.3. The van der Waals surface area contributed by atoms with Crippen molar-refractivity contribution >= 4 is 11.7 Å². The van der Waals surface area contributed by atoms with Gasteiger partial charge in [0.05, 0.1) is 13.7 Å². The van der Waals surface area contributed by atoms with Gasteiger partial charge in [0.25, 0.3) is 5.91 Å². The predicted molar refractivity (Wildman–Crippen MR) is 115 cm³/mol. The average Bonchev–Trinajstić information content (AvgIpc) is 2.78. The quantitative estimate of drug-likeness (QED) is 0.466. The summed E-state index contributed by atoms with van der Waals surface area (Å²) in [5, 5.41) is 6.19. The van der Waals surface area contributed by atoms with Crippen molar-refractivity contribution in [3.8, 4) is 11.5 Å². The molecule has 0 atom stereocenters. The van der Waals surface area contributed by atoms with Gasteiger partial charge in [0.15, 0.2) is 0 Å². The van der Waals surface area contributed by atoms with Gasteiger partial charge in [-0.15, -0.1) is 0 Å². The number of pyridine rings is 1. The van der Waals surface area contributed by atoms with Gasteiger partial charge in [0.2, 0.25) is 0 Å². The fourth-order valence-corrected chi connectivity index (χ4v) is 3.26. The van der Waals surface area contributed by atoms with Gasteiger partial charge in [-0.3, -0.25) is 4.79 Å². The Balaban J connectivity index is 1.39. The minimum atomic E-state index is -0.0682. The Bertz CT molecular complexity index is 818. The number of benzene rings is 1. The van der Waals surface area contributed by atoms with Gasteiger partial charge in [-0.25, -0.2) is 4.98 Å². The topological polar surface area (TPSA) is 72.5 Å². The molecular weight excluding hydrogens is 366 g/mol. The van der Waals surface area contributed by atoms with E-state index in [1.54, 1.807) is 25.4 Å². The highest BCUT2D eigenvalue weighted by Crippen LogP contribution is 2.19. The molecule has 1 aromatic carbocycles. The summed E-state index contributed by atoms with van der Waals surface area (Å²) in [6.45, 7) is 1.74. The molecule has 0 saturated carbocycles. The van der Waals surface area contributed by atoms with E-state index in [1.807, 2.05) is 24.3 Å². The van der Waals surface area contributed by atoms with E-state index in [4.69, 9.17) is 9.47 Å². The van der Waals surface area contributed by atoms with Crippen LogP contribution in [0.25, 0.3) is 0 Å². The highest BCUT2D eigenvalue weighted by Gasteiger charge is 2.08. The number of carbonyl (C=O) groups excluding carboxylic acids is 1. The molecule has 0 unspecified atom stereocenters. The van der Waals surface area contributed by atoms with E-state index in [-0.39, 0.29) is 5.91 Å². The zero-order chi connectivity index (χ0) is 20.3. The molecule has 0 radical (unpaired) electrons. The van der Waals surface area contributed by atoms with Crippen molar-refractivity contribution in [2.24, 2.45) is 0 Å². The second-order valence-electron chi connectivity index (χ2n) is 6.99. The molecule has 1 aliphatic carbocycles. The molecule has 1 amide bonds. The lowest BCUT2D eigenvalue weighted by Crippen LogP contribution is -2.25. The predicted octanol–water partition coefficient (Wildman–Crippen LogP) is 4.20. The number of anilines is 1. The maximum absolute atomic E-state index is 12.4. The summed E-state index contributed by atoms with van der Waals surface area (Å²) in [5.74, 6) is 2.17. The maximum Gasteiger partial charge on any atom is 0.251 e. The number of ether oxygens (including phenoxy) is 2. The number of hydrogen-bond acceptors (Lipinski definition) is 5. The lowest BCUT2D eigenvalue weighted by atomic mass is 9.97. The number of methoxy groups -OCH3 is 1. The van der Waals surface area contributed by atoms with E-state index in [9.17, 15) is 4.79 Å². The first-order valence-corrected chi connectivity index (χ1v) is 10.2. The van der Waals surface area contributed by atoms with Crippen molar-refractivity contribution in [2.45, 2.75) is 32.1 Å². The number of nitrogens with zero attached hydrogens (tertiary/aromatic N) is 1. The SMILES string of the molecule is COc1ccc(OCCNc2cc(C(=O)NCCC3=CCCCC3)ccn2)cc1. The molecule has 0 bridgehead atoms. The molecular formula is C23H29N3O3. The van der Waals surface area contributed by atoms with Crippen LogP contribution in [0, 0.1) is 0 Å². The molecule has 6 heteroatoms. The first-order chi connectivity index (χ1) is 14.2. The first kappa shape index (κ1) is 20.7. The zero-order valence-corrected chi connectivity index (χ0v) is 16.9. The Morgan fingerprint density at radius 3 is 2.69 bits per heavy atom. The van der Waals surface area contributed by atoms with Crippen molar-refractivity contribution in [1.82, 2.24) is 10.3 Å². The number of nitrogens with one attached hydrogen (secondary N) is 2. The maximum atomic E-state index is 12.4. The summed E-state index contributed by atoms with van der Waals surface area (Å²) in [5.41, 5.74) is 2.07. The van der Waals surface area contributed by atoms with Crippen LogP contribution in [0.3, 0.4) is 0 Å². The van der Waals surface area contributed by atoms with Crippen molar-refractivity contribution in [3.05, 3.63) is 59.8 Å². The van der Waals surface area contributed by atoms with Gasteiger partial charge in [-0.05, 0) is 68.5 Å². The second kappa shape index (κ2) is 11.1. The molecule has 0 aliphatic heterocycles. The van der Waals surface area contributed by atoms with Gasteiger partial charge < -0.3 is 20.1 Å². The van der Waals surface area contributed by atoms with Gasteiger partial charge >= 0.3 is 0 Å². The molecule has 6 nitrogen and oxygen atoms in total. The molecule has 2 N–H and O–H groups in total. The summed E-state index contributed by atoms with van der Waals surface area (Å²) >= 11 is 0. The van der Waals surface area contributed by atoms with Crippen LogP contribution in [0.2, 0.25) is 0 Å². The van der Waals surface area contributed by atoms with Gasteiger partial charge in [0.1, 0.15) is 23.9 Å². The van der Waals surface area contributed by atoms with Gasteiger partial charge in [-0.1, -0.05) is 11.6 Å². The van der Waals surface area contributed by atoms with Crippen LogP contribution in [0.15, 0.2) is 54.2 Å². The summed E-state index contributed by atoms with van der Waals surface area (Å²) < 4.78 is 10.8. The Hall–Kier alpha value is -3.02. The molecule has 1 aromatic heterocycles. The molecule has 0 spiro atoms. The van der Waals surface area contributed by atoms with Crippen LogP contribution in [0.1, 0.15) is 42.5 Å². The first-order valence-electron chi connectivity index (χ1n) is 10.2. The molecule has 2 aromatic rings. The van der Waals surface area contributed by atoms with Crippen LogP contribution in [0.4, 0.5) is 5.82 Å². The summed E-state index contributed by atoms with van der Waals surface area (Å²) in [6, 6.07) is 10.9. The molecule has 1 aliphatic rings. The molecule has 29 heavy (non-hydrogen) atoms. The van der Waals surface area contributed by atoms with E-state index in [2.05, 4.69) is 21.7 Å². The van der Waals surface area contributed by atoms with E-state index in [1.165, 1.54) is 24.8 Å². The van der Waals surface area contributed by atoms with Crippen molar-refractivity contribution in [1.29, 1.82) is 0 Å². The summed E-state index contributed by atoms with van der Waals surface area (Å²) in [6.07, 6.45) is 9.78. The van der Waals surface area contributed by atoms with E-state index in [0.29, 0.717) is 31.1 Å². The van der Waals surface area contributed by atoms with Crippen LogP contribution in [0.5, 0.6) is 11.5 Å². The van der Waals surface area contributed by atoms with Crippen LogP contribution < -0.4 is 20.1 Å². The lowest BCUT2D eigenvalue weighted by molar-refractivity contribution is 0.0954. The minimum absolute atomic E-state index is 0.0682. The van der Waals surface area contributed by atoms with Crippen LogP contribution in [-0.2, 0) is 0 Å². The Kier molecular flexibility index (Phi) is 7.92. The molecule has 154 valence electrons. The number of carbonyl (C=O) groups is 1. The molecule has 1 heterocycles. The largest absolute Gasteiger partial charge is 0.497 e. The van der Waals surface area contributed by atoms with Crippen molar-refractivity contribution < 1.29 is 14.3 Å². The number of hydrogen-bond donors (Lipinski definition) is 2. The fraction of sp³-hybridized carbons (Fsp3) is 0.391. The molecule has 0 fully saturated rings. The number of allylic oxidation sites excluding steroid dienone is 1. The number of amides is 1. The molecule has 0 saturated heterocycles. The third-order valence-corrected chi connectivity index (χ3v) is 4.88. The Morgan fingerprint density at radius 2 is 1.93 bits per heavy atom. The highest BCUT2D eigenvalue weighted by molar-refractivity contribution is 5.94. The fourth-order valence-electron chi connectivity index (χ4n) is 3.26. The second-order valence-corrected chi connectivity index (χ2v) is 6.99. The van der Waals surface area contributed by atoms with Crippen LogP contribution >= 0.6 is 0 Å². The van der Waals surface area contributed by atoms with Gasteiger partial charge in [0, 0.05) is 18.3 Å². The van der Waals surface area contributed by atoms with Crippen molar-refractivity contribution in [2.75, 3.05) is 32.1 Å². The smallest absolute Gasteiger partial charge is 0.251 e. The third-order valence-electron chi connectivity index (χ3n) is 4.88. The highest BCUT2D eigenvalue weighted by atomic mass is 16.5. The lowest BCUT2D eigenvalue weighted by Gasteiger charge is -2.13.